The molecule has 1 rings (SSSR count). The quantitative estimate of drug-likeness (QED) is 0.797. The van der Waals surface area contributed by atoms with Crippen molar-refractivity contribution in [2.45, 2.75) is 27.2 Å². The van der Waals surface area contributed by atoms with Gasteiger partial charge in [-0.15, -0.1) is 0 Å². The predicted octanol–water partition coefficient (Wildman–Crippen LogP) is 4.08. The Bertz CT molecular complexity index is 341. The Balaban J connectivity index is 2.32. The zero-order chi connectivity index (χ0) is 12.0. The molecule has 90 valence electrons. The van der Waals surface area contributed by atoms with Crippen molar-refractivity contribution in [2.75, 3.05) is 13.1 Å². The van der Waals surface area contributed by atoms with Gasteiger partial charge in [-0.05, 0) is 59.9 Å². The van der Waals surface area contributed by atoms with Crippen LogP contribution in [-0.4, -0.2) is 13.1 Å². The summed E-state index contributed by atoms with van der Waals surface area (Å²) in [6.07, 6.45) is 4.94. The predicted molar refractivity (Wildman–Crippen MR) is 72.4 cm³/mol. The molecule has 0 unspecified atom stereocenters. The van der Waals surface area contributed by atoms with Gasteiger partial charge in [0.2, 0.25) is 0 Å². The van der Waals surface area contributed by atoms with Crippen LogP contribution in [0.15, 0.2) is 27.3 Å². The third-order valence-electron chi connectivity index (χ3n) is 2.30. The van der Waals surface area contributed by atoms with Gasteiger partial charge in [0.1, 0.15) is 5.76 Å². The third kappa shape index (κ3) is 4.54. The van der Waals surface area contributed by atoms with E-state index in [1.165, 1.54) is 5.57 Å². The topological polar surface area (TPSA) is 25.2 Å². The number of nitrogens with one attached hydrogen (secondary N) is 1. The van der Waals surface area contributed by atoms with Crippen LogP contribution in [0.2, 0.25) is 0 Å². The molecule has 1 aromatic heterocycles. The Hall–Kier alpha value is -0.540. The molecule has 0 aliphatic heterocycles. The monoisotopic (exact) mass is 285 g/mol. The molecular weight excluding hydrogens is 266 g/mol. The van der Waals surface area contributed by atoms with E-state index in [1.807, 2.05) is 6.07 Å². The van der Waals surface area contributed by atoms with Gasteiger partial charge >= 0.3 is 0 Å². The van der Waals surface area contributed by atoms with Crippen molar-refractivity contribution in [3.8, 4) is 0 Å². The maximum absolute atomic E-state index is 5.39. The molecule has 0 aromatic carbocycles. The van der Waals surface area contributed by atoms with Crippen LogP contribution in [0.5, 0.6) is 0 Å². The molecule has 3 heteroatoms. The molecule has 0 radical (unpaired) electrons. The van der Waals surface area contributed by atoms with E-state index >= 15 is 0 Å². The lowest BCUT2D eigenvalue weighted by Gasteiger charge is -2.05. The van der Waals surface area contributed by atoms with Crippen LogP contribution in [0.25, 0.3) is 5.57 Å². The normalized spacial score (nSPS) is 12.4. The van der Waals surface area contributed by atoms with Crippen molar-refractivity contribution < 1.29 is 4.42 Å². The Labute approximate surface area is 106 Å². The highest BCUT2D eigenvalue weighted by Crippen LogP contribution is 2.25. The molecule has 0 amide bonds. The largest absolute Gasteiger partial charge is 0.464 e. The summed E-state index contributed by atoms with van der Waals surface area (Å²) in [6.45, 7) is 8.61. The number of furan rings is 1. The van der Waals surface area contributed by atoms with Crippen LogP contribution < -0.4 is 5.32 Å². The maximum atomic E-state index is 5.39. The Morgan fingerprint density at radius 2 is 2.31 bits per heavy atom. The molecule has 16 heavy (non-hydrogen) atoms. The van der Waals surface area contributed by atoms with Crippen molar-refractivity contribution in [2.24, 2.45) is 5.92 Å². The lowest BCUT2D eigenvalue weighted by molar-refractivity contribution is 0.548. The Morgan fingerprint density at radius 1 is 1.56 bits per heavy atom. The molecule has 1 aromatic rings. The van der Waals surface area contributed by atoms with Crippen LogP contribution in [0.4, 0.5) is 0 Å². The average Bonchev–Trinajstić information content (AvgIpc) is 2.63. The Morgan fingerprint density at radius 3 is 2.88 bits per heavy atom. The van der Waals surface area contributed by atoms with Gasteiger partial charge in [0.05, 0.1) is 10.7 Å². The summed E-state index contributed by atoms with van der Waals surface area (Å²) in [7, 11) is 0. The molecule has 0 saturated carbocycles. The van der Waals surface area contributed by atoms with Crippen molar-refractivity contribution in [3.05, 3.63) is 28.6 Å². The van der Waals surface area contributed by atoms with Crippen molar-refractivity contribution in [1.29, 1.82) is 0 Å². The second-order valence-corrected chi connectivity index (χ2v) is 5.23. The standard InChI is InChI=1S/C13H20BrNO/c1-10(2)9-15-7-4-5-11(3)13-12(14)6-8-16-13/h5-6,8,10,15H,4,7,9H2,1-3H3. The number of halogens is 1. The summed E-state index contributed by atoms with van der Waals surface area (Å²) in [5.41, 5.74) is 1.18. The van der Waals surface area contributed by atoms with Gasteiger partial charge in [-0.2, -0.15) is 0 Å². The first-order valence-electron chi connectivity index (χ1n) is 5.72. The number of rotatable bonds is 6. The van der Waals surface area contributed by atoms with E-state index in [1.54, 1.807) is 6.26 Å². The fourth-order valence-electron chi connectivity index (χ4n) is 1.45. The minimum Gasteiger partial charge on any atom is -0.464 e. The van der Waals surface area contributed by atoms with E-state index in [-0.39, 0.29) is 0 Å². The second-order valence-electron chi connectivity index (χ2n) is 4.37. The first-order valence-corrected chi connectivity index (χ1v) is 6.51. The molecule has 0 fully saturated rings. The lowest BCUT2D eigenvalue weighted by Crippen LogP contribution is -2.20. The fraction of sp³-hybridized carbons (Fsp3) is 0.538. The van der Waals surface area contributed by atoms with E-state index in [2.05, 4.69) is 48.1 Å². The third-order valence-corrected chi connectivity index (χ3v) is 2.92. The summed E-state index contributed by atoms with van der Waals surface area (Å²) < 4.78 is 6.41. The molecule has 0 aliphatic rings. The zero-order valence-electron chi connectivity index (χ0n) is 10.2. The van der Waals surface area contributed by atoms with Crippen molar-refractivity contribution in [3.63, 3.8) is 0 Å². The van der Waals surface area contributed by atoms with E-state index in [0.717, 1.165) is 29.7 Å². The molecule has 0 saturated heterocycles. The molecular formula is C13H20BrNO. The highest BCUT2D eigenvalue weighted by molar-refractivity contribution is 9.10. The Kier molecular flexibility index (Phi) is 5.85. The highest BCUT2D eigenvalue weighted by atomic mass is 79.9. The minimum absolute atomic E-state index is 0.712. The van der Waals surface area contributed by atoms with Crippen molar-refractivity contribution in [1.82, 2.24) is 5.32 Å². The van der Waals surface area contributed by atoms with Gasteiger partial charge in [0, 0.05) is 0 Å². The summed E-state index contributed by atoms with van der Waals surface area (Å²) in [5, 5.41) is 3.41. The van der Waals surface area contributed by atoms with Gasteiger partial charge in [-0.3, -0.25) is 0 Å². The number of hydrogen-bond acceptors (Lipinski definition) is 2. The van der Waals surface area contributed by atoms with Crippen molar-refractivity contribution >= 4 is 21.5 Å². The molecule has 1 heterocycles. The molecule has 2 nitrogen and oxygen atoms in total. The summed E-state index contributed by atoms with van der Waals surface area (Å²) in [6, 6.07) is 1.92. The average molecular weight is 286 g/mol. The lowest BCUT2D eigenvalue weighted by atomic mass is 10.2. The van der Waals surface area contributed by atoms with E-state index in [9.17, 15) is 0 Å². The van der Waals surface area contributed by atoms with Crippen LogP contribution in [-0.2, 0) is 0 Å². The first-order chi connectivity index (χ1) is 7.61. The van der Waals surface area contributed by atoms with E-state index < -0.39 is 0 Å². The summed E-state index contributed by atoms with van der Waals surface area (Å²) in [4.78, 5) is 0. The minimum atomic E-state index is 0.712. The first kappa shape index (κ1) is 13.5. The van der Waals surface area contributed by atoms with E-state index in [4.69, 9.17) is 4.42 Å². The summed E-state index contributed by atoms with van der Waals surface area (Å²) in [5.74, 6) is 1.65. The second kappa shape index (κ2) is 6.92. The molecule has 1 N–H and O–H groups in total. The van der Waals surface area contributed by atoms with Crippen LogP contribution >= 0.6 is 15.9 Å². The number of allylic oxidation sites excluding steroid dienone is 1. The number of hydrogen-bond donors (Lipinski definition) is 1. The van der Waals surface area contributed by atoms with Gasteiger partial charge in [0.25, 0.3) is 0 Å². The van der Waals surface area contributed by atoms with Crippen LogP contribution in [0.3, 0.4) is 0 Å². The molecule has 0 atom stereocenters. The van der Waals surface area contributed by atoms with E-state index in [0.29, 0.717) is 5.92 Å². The van der Waals surface area contributed by atoms with Gasteiger partial charge in [-0.1, -0.05) is 19.9 Å². The molecule has 0 bridgehead atoms. The zero-order valence-corrected chi connectivity index (χ0v) is 11.8. The van der Waals surface area contributed by atoms with Crippen LogP contribution in [0, 0.1) is 5.92 Å². The maximum Gasteiger partial charge on any atom is 0.143 e. The molecule has 0 aliphatic carbocycles. The fourth-order valence-corrected chi connectivity index (χ4v) is 1.96. The smallest absolute Gasteiger partial charge is 0.143 e. The highest BCUT2D eigenvalue weighted by Gasteiger charge is 2.04. The summed E-state index contributed by atoms with van der Waals surface area (Å²) >= 11 is 3.46. The van der Waals surface area contributed by atoms with Gasteiger partial charge in [0.15, 0.2) is 0 Å². The van der Waals surface area contributed by atoms with Gasteiger partial charge in [-0.25, -0.2) is 0 Å². The molecule has 0 spiro atoms. The van der Waals surface area contributed by atoms with Crippen LogP contribution in [0.1, 0.15) is 33.0 Å². The van der Waals surface area contributed by atoms with Gasteiger partial charge < -0.3 is 9.73 Å². The SMILES string of the molecule is CC(=CCCNCC(C)C)c1occc1Br.